The molecule has 1 aromatic heterocycles. The number of hydrogen-bond donors (Lipinski definition) is 2. The van der Waals surface area contributed by atoms with Crippen LogP contribution in [0.5, 0.6) is 0 Å². The number of benzene rings is 1. The molecule has 110 valence electrons. The fourth-order valence-corrected chi connectivity index (χ4v) is 3.16. The predicted molar refractivity (Wildman–Crippen MR) is 84.1 cm³/mol. The Balaban J connectivity index is 2.17. The minimum Gasteiger partial charge on any atom is -0.478 e. The van der Waals surface area contributed by atoms with E-state index >= 15 is 0 Å². The first-order valence-corrected chi connectivity index (χ1v) is 7.55. The van der Waals surface area contributed by atoms with Gasteiger partial charge >= 0.3 is 5.97 Å². The van der Waals surface area contributed by atoms with E-state index in [9.17, 15) is 14.9 Å². The quantitative estimate of drug-likeness (QED) is 0.611. The number of nitrogens with one attached hydrogen (secondary N) is 1. The summed E-state index contributed by atoms with van der Waals surface area (Å²) in [6, 6.07) is 4.72. The van der Waals surface area contributed by atoms with E-state index in [2.05, 4.69) is 21.2 Å². The topological polar surface area (TPSA) is 92.5 Å². The molecule has 0 unspecified atom stereocenters. The Morgan fingerprint density at radius 3 is 2.76 bits per heavy atom. The van der Waals surface area contributed by atoms with E-state index in [4.69, 9.17) is 5.11 Å². The minimum absolute atomic E-state index is 0.0399. The first-order valence-electron chi connectivity index (χ1n) is 5.87. The maximum absolute atomic E-state index is 10.9. The third-order valence-electron chi connectivity index (χ3n) is 2.84. The van der Waals surface area contributed by atoms with Gasteiger partial charge in [-0.3, -0.25) is 10.1 Å². The molecule has 0 bridgehead atoms. The van der Waals surface area contributed by atoms with Gasteiger partial charge in [-0.1, -0.05) is 0 Å². The van der Waals surface area contributed by atoms with Crippen molar-refractivity contribution in [2.75, 3.05) is 5.32 Å². The zero-order valence-corrected chi connectivity index (χ0v) is 13.3. The molecule has 1 aromatic carbocycles. The summed E-state index contributed by atoms with van der Waals surface area (Å²) in [4.78, 5) is 22.1. The Bertz CT molecular complexity index is 714. The highest BCUT2D eigenvalue weighted by Crippen LogP contribution is 2.31. The summed E-state index contributed by atoms with van der Waals surface area (Å²) in [6.45, 7) is 2.07. The third-order valence-corrected chi connectivity index (χ3v) is 4.43. The molecular formula is C13H11BrN2O4S. The molecule has 0 aliphatic carbocycles. The lowest BCUT2D eigenvalue weighted by molar-refractivity contribution is -0.385. The molecule has 8 heteroatoms. The molecule has 2 aromatic rings. The van der Waals surface area contributed by atoms with E-state index in [-0.39, 0.29) is 11.3 Å². The minimum atomic E-state index is -0.968. The van der Waals surface area contributed by atoms with Crippen molar-refractivity contribution in [3.63, 3.8) is 0 Å². The summed E-state index contributed by atoms with van der Waals surface area (Å²) in [6.07, 6.45) is 0. The van der Waals surface area contributed by atoms with Gasteiger partial charge < -0.3 is 10.4 Å². The highest BCUT2D eigenvalue weighted by molar-refractivity contribution is 9.10. The number of rotatable bonds is 5. The van der Waals surface area contributed by atoms with Gasteiger partial charge in [0.15, 0.2) is 0 Å². The van der Waals surface area contributed by atoms with E-state index in [1.807, 2.05) is 0 Å². The van der Waals surface area contributed by atoms with Crippen LogP contribution in [-0.2, 0) is 6.54 Å². The van der Waals surface area contributed by atoms with Gasteiger partial charge in [0.1, 0.15) is 0 Å². The summed E-state index contributed by atoms with van der Waals surface area (Å²) in [7, 11) is 0. The molecule has 0 aliphatic rings. The van der Waals surface area contributed by atoms with Crippen LogP contribution in [0.1, 0.15) is 20.8 Å². The lowest BCUT2D eigenvalue weighted by Gasteiger charge is -2.08. The summed E-state index contributed by atoms with van der Waals surface area (Å²) >= 11 is 4.68. The first kappa shape index (κ1) is 15.5. The Morgan fingerprint density at radius 1 is 1.48 bits per heavy atom. The van der Waals surface area contributed by atoms with Crippen molar-refractivity contribution >= 4 is 44.6 Å². The number of nitrogens with zero attached hydrogens (tertiary/aromatic N) is 1. The van der Waals surface area contributed by atoms with Gasteiger partial charge in [0, 0.05) is 32.9 Å². The van der Waals surface area contributed by atoms with Crippen molar-refractivity contribution in [3.8, 4) is 0 Å². The second-order valence-electron chi connectivity index (χ2n) is 4.34. The molecule has 0 amide bonds. The molecule has 0 aliphatic heterocycles. The van der Waals surface area contributed by atoms with Gasteiger partial charge in [-0.15, -0.1) is 11.3 Å². The molecule has 21 heavy (non-hydrogen) atoms. The fourth-order valence-electron chi connectivity index (χ4n) is 1.76. The van der Waals surface area contributed by atoms with E-state index in [1.54, 1.807) is 24.4 Å². The van der Waals surface area contributed by atoms with Gasteiger partial charge in [-0.2, -0.15) is 0 Å². The Hall–Kier alpha value is -1.93. The van der Waals surface area contributed by atoms with Gasteiger partial charge in [0.05, 0.1) is 16.2 Å². The highest BCUT2D eigenvalue weighted by atomic mass is 79.9. The van der Waals surface area contributed by atoms with Crippen LogP contribution >= 0.6 is 27.3 Å². The number of aromatic carboxylic acids is 1. The van der Waals surface area contributed by atoms with Crippen molar-refractivity contribution in [1.29, 1.82) is 0 Å². The number of hydrogen-bond acceptors (Lipinski definition) is 5. The van der Waals surface area contributed by atoms with Crippen LogP contribution in [0.25, 0.3) is 0 Å². The van der Waals surface area contributed by atoms with Crippen LogP contribution in [0, 0.1) is 17.0 Å². The van der Waals surface area contributed by atoms with Crippen LogP contribution < -0.4 is 5.32 Å². The molecule has 2 N–H and O–H groups in total. The maximum Gasteiger partial charge on any atom is 0.336 e. The van der Waals surface area contributed by atoms with Crippen molar-refractivity contribution < 1.29 is 14.8 Å². The number of aryl methyl sites for hydroxylation is 1. The zero-order valence-electron chi connectivity index (χ0n) is 10.9. The fraction of sp³-hybridized carbons (Fsp3) is 0.154. The number of carboxylic acids is 1. The average molecular weight is 371 g/mol. The van der Waals surface area contributed by atoms with Crippen LogP contribution in [0.3, 0.4) is 0 Å². The normalized spacial score (nSPS) is 10.4. The number of halogens is 1. The number of nitro groups is 1. The molecule has 0 fully saturated rings. The Morgan fingerprint density at radius 2 is 2.19 bits per heavy atom. The summed E-state index contributed by atoms with van der Waals surface area (Å²) in [5.74, 6) is -0.968. The number of carboxylic acid groups (broad SMARTS) is 1. The van der Waals surface area contributed by atoms with Crippen molar-refractivity contribution in [1.82, 2.24) is 0 Å². The monoisotopic (exact) mass is 370 g/mol. The van der Waals surface area contributed by atoms with Crippen LogP contribution in [-0.4, -0.2) is 16.0 Å². The van der Waals surface area contributed by atoms with Crippen molar-refractivity contribution in [2.24, 2.45) is 0 Å². The SMILES string of the molecule is Cc1cc(Br)c(NCc2cc(C(=O)O)cs2)cc1[N+](=O)[O-]. The molecule has 0 atom stereocenters. The predicted octanol–water partition coefficient (Wildman–Crippen LogP) is 4.04. The van der Waals surface area contributed by atoms with E-state index in [1.165, 1.54) is 17.4 Å². The van der Waals surface area contributed by atoms with Gasteiger partial charge in [0.2, 0.25) is 0 Å². The van der Waals surface area contributed by atoms with E-state index in [0.717, 1.165) is 9.35 Å². The Kier molecular flexibility index (Phi) is 4.59. The summed E-state index contributed by atoms with van der Waals surface area (Å²) in [5, 5.41) is 24.4. The molecule has 0 saturated heterocycles. The molecule has 0 saturated carbocycles. The Labute approximate surface area is 132 Å². The zero-order chi connectivity index (χ0) is 15.6. The lowest BCUT2D eigenvalue weighted by Crippen LogP contribution is -2.01. The first-order chi connectivity index (χ1) is 9.88. The number of thiophene rings is 1. The largest absolute Gasteiger partial charge is 0.478 e. The molecule has 0 spiro atoms. The summed E-state index contributed by atoms with van der Waals surface area (Å²) in [5.41, 5.74) is 1.45. The molecule has 1 heterocycles. The molecule has 6 nitrogen and oxygen atoms in total. The second-order valence-corrected chi connectivity index (χ2v) is 6.19. The van der Waals surface area contributed by atoms with E-state index in [0.29, 0.717) is 17.8 Å². The lowest BCUT2D eigenvalue weighted by atomic mass is 10.2. The molecule has 2 rings (SSSR count). The third kappa shape index (κ3) is 3.59. The standard InChI is InChI=1S/C13H11BrN2O4S/c1-7-2-10(14)11(4-12(7)16(19)20)15-5-9-3-8(6-21-9)13(17)18/h2-4,6,15H,5H2,1H3,(H,17,18). The highest BCUT2D eigenvalue weighted by Gasteiger charge is 2.14. The average Bonchev–Trinajstić information content (AvgIpc) is 2.86. The smallest absolute Gasteiger partial charge is 0.336 e. The van der Waals surface area contributed by atoms with Gasteiger partial charge in [-0.25, -0.2) is 4.79 Å². The number of carbonyl (C=O) groups is 1. The van der Waals surface area contributed by atoms with Crippen molar-refractivity contribution in [3.05, 3.63) is 54.2 Å². The molecular weight excluding hydrogens is 360 g/mol. The summed E-state index contributed by atoms with van der Waals surface area (Å²) < 4.78 is 0.723. The van der Waals surface area contributed by atoms with Crippen molar-refractivity contribution in [2.45, 2.75) is 13.5 Å². The molecule has 0 radical (unpaired) electrons. The second kappa shape index (κ2) is 6.23. The van der Waals surface area contributed by atoms with Crippen LogP contribution in [0.15, 0.2) is 28.1 Å². The van der Waals surface area contributed by atoms with E-state index < -0.39 is 10.9 Å². The maximum atomic E-state index is 10.9. The van der Waals surface area contributed by atoms with Crippen LogP contribution in [0.2, 0.25) is 0 Å². The number of nitro benzene ring substituents is 1. The van der Waals surface area contributed by atoms with Gasteiger partial charge in [0.25, 0.3) is 5.69 Å². The number of anilines is 1. The van der Waals surface area contributed by atoms with Gasteiger partial charge in [-0.05, 0) is 35.0 Å². The van der Waals surface area contributed by atoms with Crippen LogP contribution in [0.4, 0.5) is 11.4 Å².